The fraction of sp³-hybridized carbons (Fsp3) is 0.263. The van der Waals surface area contributed by atoms with Gasteiger partial charge in [-0.2, -0.15) is 0 Å². The average molecular weight is 369 g/mol. The first-order chi connectivity index (χ1) is 12.9. The summed E-state index contributed by atoms with van der Waals surface area (Å²) >= 11 is 0. The molecule has 6 nitrogen and oxygen atoms in total. The Hall–Kier alpha value is -3.16. The van der Waals surface area contributed by atoms with Crippen molar-refractivity contribution in [1.29, 1.82) is 0 Å². The lowest BCUT2D eigenvalue weighted by Crippen LogP contribution is -2.14. The number of rotatable bonds is 4. The van der Waals surface area contributed by atoms with Gasteiger partial charge in [0.2, 0.25) is 5.91 Å². The van der Waals surface area contributed by atoms with Crippen molar-refractivity contribution in [1.82, 2.24) is 15.0 Å². The number of nitrogens with one attached hydrogen (secondary N) is 1. The van der Waals surface area contributed by atoms with Gasteiger partial charge in [-0.15, -0.1) is 0 Å². The van der Waals surface area contributed by atoms with Gasteiger partial charge in [0.05, 0.1) is 5.69 Å². The molecule has 0 atom stereocenters. The van der Waals surface area contributed by atoms with E-state index in [4.69, 9.17) is 5.73 Å². The predicted molar refractivity (Wildman–Crippen MR) is 98.2 cm³/mol. The Morgan fingerprint density at radius 2 is 2.04 bits per heavy atom. The van der Waals surface area contributed by atoms with Crippen LogP contribution in [0.2, 0.25) is 0 Å². The van der Waals surface area contributed by atoms with Crippen molar-refractivity contribution in [3.05, 3.63) is 41.9 Å². The number of alkyl halides is 2. The molecule has 3 N–H and O–H groups in total. The Kier molecular flexibility index (Phi) is 4.18. The Morgan fingerprint density at radius 1 is 1.26 bits per heavy atom. The van der Waals surface area contributed by atoms with Gasteiger partial charge in [-0.1, -0.05) is 0 Å². The molecule has 1 amide bonds. The van der Waals surface area contributed by atoms with Crippen LogP contribution in [0.5, 0.6) is 0 Å². The second-order valence-electron chi connectivity index (χ2n) is 6.65. The fourth-order valence-corrected chi connectivity index (χ4v) is 2.97. The van der Waals surface area contributed by atoms with Crippen LogP contribution >= 0.6 is 0 Å². The predicted octanol–water partition coefficient (Wildman–Crippen LogP) is 3.87. The van der Waals surface area contributed by atoms with E-state index in [9.17, 15) is 13.6 Å². The molecule has 3 aromatic heterocycles. The molecule has 1 fully saturated rings. The van der Waals surface area contributed by atoms with E-state index in [1.807, 2.05) is 0 Å². The van der Waals surface area contributed by atoms with Crippen molar-refractivity contribution in [2.75, 3.05) is 11.1 Å². The number of fused-ring (bicyclic) bond motifs is 1. The Bertz CT molecular complexity index is 1050. The van der Waals surface area contributed by atoms with E-state index in [0.29, 0.717) is 33.4 Å². The molecule has 1 saturated carbocycles. The zero-order valence-electron chi connectivity index (χ0n) is 14.5. The number of nitrogens with zero attached hydrogens (tertiary/aromatic N) is 3. The van der Waals surface area contributed by atoms with Gasteiger partial charge in [-0.3, -0.25) is 9.78 Å². The third kappa shape index (κ3) is 3.30. The molecule has 0 saturated heterocycles. The van der Waals surface area contributed by atoms with Gasteiger partial charge in [-0.05, 0) is 42.8 Å². The number of carbonyl (C=O) groups is 1. The monoisotopic (exact) mass is 369 g/mol. The van der Waals surface area contributed by atoms with E-state index in [2.05, 4.69) is 20.3 Å². The van der Waals surface area contributed by atoms with Gasteiger partial charge >= 0.3 is 0 Å². The normalized spacial score (nSPS) is 13.9. The first-order valence-corrected chi connectivity index (χ1v) is 8.54. The Balaban J connectivity index is 1.78. The number of nitrogens with two attached hydrogens (primary N) is 1. The lowest BCUT2D eigenvalue weighted by atomic mass is 10.0. The molecular formula is C19H17F2N5O. The second kappa shape index (κ2) is 6.53. The van der Waals surface area contributed by atoms with Crippen LogP contribution in [0, 0.1) is 12.8 Å². The topological polar surface area (TPSA) is 93.8 Å². The molecule has 0 aromatic carbocycles. The highest BCUT2D eigenvalue weighted by Gasteiger charge is 2.29. The molecule has 0 spiro atoms. The molecule has 0 unspecified atom stereocenters. The van der Waals surface area contributed by atoms with Crippen molar-refractivity contribution in [2.45, 2.75) is 26.2 Å². The summed E-state index contributed by atoms with van der Waals surface area (Å²) in [6, 6.07) is 3.44. The number of amides is 1. The molecule has 4 rings (SSSR count). The fourth-order valence-electron chi connectivity index (χ4n) is 2.97. The molecule has 0 radical (unpaired) electrons. The third-order valence-corrected chi connectivity index (χ3v) is 4.71. The molecule has 27 heavy (non-hydrogen) atoms. The first kappa shape index (κ1) is 17.3. The van der Waals surface area contributed by atoms with Crippen molar-refractivity contribution in [3.8, 4) is 11.3 Å². The minimum Gasteiger partial charge on any atom is -0.383 e. The van der Waals surface area contributed by atoms with Gasteiger partial charge in [-0.25, -0.2) is 18.7 Å². The van der Waals surface area contributed by atoms with E-state index in [0.717, 1.165) is 19.0 Å². The van der Waals surface area contributed by atoms with E-state index in [1.54, 1.807) is 25.3 Å². The number of hydrogen-bond donors (Lipinski definition) is 2. The lowest BCUT2D eigenvalue weighted by molar-refractivity contribution is -0.117. The van der Waals surface area contributed by atoms with Crippen LogP contribution < -0.4 is 11.1 Å². The van der Waals surface area contributed by atoms with Crippen LogP contribution in [0.1, 0.15) is 30.4 Å². The molecule has 0 bridgehead atoms. The zero-order valence-corrected chi connectivity index (χ0v) is 14.5. The number of pyridine rings is 3. The van der Waals surface area contributed by atoms with Crippen molar-refractivity contribution in [3.63, 3.8) is 0 Å². The molecule has 1 aliphatic rings. The van der Waals surface area contributed by atoms with Crippen molar-refractivity contribution in [2.24, 2.45) is 5.92 Å². The maximum Gasteiger partial charge on any atom is 0.265 e. The summed E-state index contributed by atoms with van der Waals surface area (Å²) in [5.41, 5.74) is 7.24. The summed E-state index contributed by atoms with van der Waals surface area (Å²) < 4.78 is 26.3. The Labute approximate surface area is 153 Å². The van der Waals surface area contributed by atoms with Crippen LogP contribution in [0.4, 0.5) is 20.4 Å². The van der Waals surface area contributed by atoms with Gasteiger partial charge in [0.15, 0.2) is 0 Å². The number of nitrogen functional groups attached to an aromatic ring is 1. The number of aromatic nitrogens is 3. The highest BCUT2D eigenvalue weighted by molar-refractivity contribution is 5.98. The molecular weight excluding hydrogens is 352 g/mol. The summed E-state index contributed by atoms with van der Waals surface area (Å²) in [4.78, 5) is 24.4. The Morgan fingerprint density at radius 3 is 2.74 bits per heavy atom. The van der Waals surface area contributed by atoms with E-state index < -0.39 is 6.43 Å². The van der Waals surface area contributed by atoms with Crippen LogP contribution in [-0.2, 0) is 4.79 Å². The van der Waals surface area contributed by atoms with Gasteiger partial charge in [0.25, 0.3) is 6.43 Å². The number of halogens is 2. The number of hydrogen-bond acceptors (Lipinski definition) is 5. The highest BCUT2D eigenvalue weighted by atomic mass is 19.3. The van der Waals surface area contributed by atoms with Gasteiger partial charge in [0, 0.05) is 41.0 Å². The van der Waals surface area contributed by atoms with Gasteiger partial charge in [0.1, 0.15) is 11.6 Å². The van der Waals surface area contributed by atoms with Crippen LogP contribution in [0.25, 0.3) is 22.0 Å². The van der Waals surface area contributed by atoms with Crippen LogP contribution in [-0.4, -0.2) is 20.9 Å². The lowest BCUT2D eigenvalue weighted by Gasteiger charge is -2.12. The smallest absolute Gasteiger partial charge is 0.265 e. The number of carbonyl (C=O) groups excluding carboxylic acids is 1. The summed E-state index contributed by atoms with van der Waals surface area (Å²) in [5.74, 6) is 0.671. The average Bonchev–Trinajstić information content (AvgIpc) is 3.46. The van der Waals surface area contributed by atoms with Gasteiger partial charge < -0.3 is 11.1 Å². The van der Waals surface area contributed by atoms with Crippen LogP contribution in [0.3, 0.4) is 0 Å². The van der Waals surface area contributed by atoms with Crippen molar-refractivity contribution >= 4 is 28.3 Å². The maximum absolute atomic E-state index is 13.2. The highest BCUT2D eigenvalue weighted by Crippen LogP contribution is 2.33. The maximum atomic E-state index is 13.2. The molecule has 138 valence electrons. The summed E-state index contributed by atoms with van der Waals surface area (Å²) in [6.07, 6.45) is 3.36. The largest absolute Gasteiger partial charge is 0.383 e. The quantitative estimate of drug-likeness (QED) is 0.728. The standard InChI is InChI=1S/C19H17F2N5O/c1-9-12(6-23-7-13(9)17(20)21)15-4-11-5-16(26-19(27)10-2-3-10)24-8-14(11)18(22)25-15/h4-8,10,17H,2-3H2,1H3,(H2,22,25)(H,24,26,27). The molecule has 1 aliphatic carbocycles. The van der Waals surface area contributed by atoms with Crippen LogP contribution in [0.15, 0.2) is 30.7 Å². The molecule has 0 aliphatic heterocycles. The second-order valence-corrected chi connectivity index (χ2v) is 6.65. The summed E-state index contributed by atoms with van der Waals surface area (Å²) in [5, 5.41) is 4.12. The van der Waals surface area contributed by atoms with E-state index in [1.165, 1.54) is 6.20 Å². The molecule has 3 heterocycles. The first-order valence-electron chi connectivity index (χ1n) is 8.54. The molecule has 3 aromatic rings. The summed E-state index contributed by atoms with van der Waals surface area (Å²) in [6.45, 7) is 1.61. The third-order valence-electron chi connectivity index (χ3n) is 4.71. The van der Waals surface area contributed by atoms with E-state index >= 15 is 0 Å². The number of anilines is 2. The minimum atomic E-state index is -2.62. The van der Waals surface area contributed by atoms with Crippen molar-refractivity contribution < 1.29 is 13.6 Å². The minimum absolute atomic E-state index is 0.0474. The summed E-state index contributed by atoms with van der Waals surface area (Å²) in [7, 11) is 0. The SMILES string of the molecule is Cc1c(-c2cc3cc(NC(=O)C4CC4)ncc3c(N)n2)cncc1C(F)F. The zero-order chi connectivity index (χ0) is 19.1. The van der Waals surface area contributed by atoms with E-state index in [-0.39, 0.29) is 23.2 Å². The molecule has 8 heteroatoms.